The Morgan fingerprint density at radius 3 is 2.65 bits per heavy atom. The van der Waals surface area contributed by atoms with E-state index in [0.29, 0.717) is 28.4 Å². The van der Waals surface area contributed by atoms with E-state index in [9.17, 15) is 14.0 Å². The van der Waals surface area contributed by atoms with Gasteiger partial charge >= 0.3 is 5.97 Å². The van der Waals surface area contributed by atoms with Gasteiger partial charge in [0.15, 0.2) is 0 Å². The zero-order valence-corrected chi connectivity index (χ0v) is 14.7. The molecular weight excluding hydrogens is 359 g/mol. The van der Waals surface area contributed by atoms with Gasteiger partial charge in [0.25, 0.3) is 5.56 Å². The number of H-pyrrole nitrogens is 1. The van der Waals surface area contributed by atoms with Crippen LogP contribution in [0, 0.1) is 5.82 Å². The second-order valence-corrected chi connectivity index (χ2v) is 6.36. The van der Waals surface area contributed by atoms with Gasteiger partial charge in [-0.15, -0.1) is 0 Å². The van der Waals surface area contributed by atoms with Crippen LogP contribution >= 0.6 is 11.6 Å². The first-order chi connectivity index (χ1) is 12.4. The Bertz CT molecular complexity index is 1050. The molecule has 0 saturated heterocycles. The second kappa shape index (κ2) is 7.17. The molecule has 0 spiro atoms. The Morgan fingerprint density at radius 1 is 1.19 bits per heavy atom. The summed E-state index contributed by atoms with van der Waals surface area (Å²) < 4.78 is 13.3. The molecule has 3 aromatic rings. The first-order valence-corrected chi connectivity index (χ1v) is 8.28. The zero-order valence-electron chi connectivity index (χ0n) is 13.9. The Kier molecular flexibility index (Phi) is 4.95. The van der Waals surface area contributed by atoms with E-state index in [1.807, 2.05) is 6.07 Å². The summed E-state index contributed by atoms with van der Waals surface area (Å²) in [4.78, 5) is 27.5. The summed E-state index contributed by atoms with van der Waals surface area (Å²) in [5, 5.41) is 10.2. The van der Waals surface area contributed by atoms with Crippen LogP contribution in [-0.2, 0) is 4.79 Å². The van der Waals surface area contributed by atoms with Crippen LogP contribution < -0.4 is 10.5 Å². The van der Waals surface area contributed by atoms with Crippen molar-refractivity contribution in [3.8, 4) is 11.1 Å². The predicted octanol–water partition coefficient (Wildman–Crippen LogP) is 3.90. The maximum atomic E-state index is 13.3. The van der Waals surface area contributed by atoms with E-state index in [1.54, 1.807) is 36.3 Å². The van der Waals surface area contributed by atoms with E-state index >= 15 is 0 Å². The van der Waals surface area contributed by atoms with Crippen LogP contribution in [0.3, 0.4) is 0 Å². The molecule has 0 aliphatic rings. The zero-order chi connectivity index (χ0) is 18.8. The number of fused-ring (bicyclic) bond motifs is 1. The summed E-state index contributed by atoms with van der Waals surface area (Å²) in [6.07, 6.45) is 1.55. The van der Waals surface area contributed by atoms with Gasteiger partial charge in [-0.2, -0.15) is 0 Å². The Morgan fingerprint density at radius 2 is 1.96 bits per heavy atom. The van der Waals surface area contributed by atoms with Gasteiger partial charge in [0.1, 0.15) is 5.82 Å². The number of anilines is 1. The van der Waals surface area contributed by atoms with E-state index in [2.05, 4.69) is 4.98 Å². The average molecular weight is 375 g/mol. The SMILES string of the molecule is CN(CCC(=O)O)c1ccc2c(-c3ccc(F)cc3Cl)c[nH]c(=O)c2c1. The number of benzene rings is 2. The van der Waals surface area contributed by atoms with Gasteiger partial charge in [0.05, 0.1) is 11.4 Å². The largest absolute Gasteiger partial charge is 0.481 e. The van der Waals surface area contributed by atoms with Crippen LogP contribution in [0.2, 0.25) is 5.02 Å². The van der Waals surface area contributed by atoms with Crippen LogP contribution in [0.5, 0.6) is 0 Å². The summed E-state index contributed by atoms with van der Waals surface area (Å²) in [5.74, 6) is -1.32. The van der Waals surface area contributed by atoms with Crippen molar-refractivity contribution in [2.45, 2.75) is 6.42 Å². The number of aromatic nitrogens is 1. The predicted molar refractivity (Wildman–Crippen MR) is 100 cm³/mol. The maximum absolute atomic E-state index is 13.3. The van der Waals surface area contributed by atoms with Crippen LogP contribution in [0.1, 0.15) is 6.42 Å². The third-order valence-corrected chi connectivity index (χ3v) is 4.52. The summed E-state index contributed by atoms with van der Waals surface area (Å²) in [7, 11) is 1.76. The number of rotatable bonds is 5. The fraction of sp³-hybridized carbons (Fsp3) is 0.158. The van der Waals surface area contributed by atoms with Gasteiger partial charge in [0.2, 0.25) is 0 Å². The van der Waals surface area contributed by atoms with E-state index in [-0.39, 0.29) is 17.0 Å². The van der Waals surface area contributed by atoms with Gasteiger partial charge in [0, 0.05) is 42.0 Å². The molecule has 0 amide bonds. The van der Waals surface area contributed by atoms with Crippen molar-refractivity contribution in [1.82, 2.24) is 4.98 Å². The number of hydrogen-bond acceptors (Lipinski definition) is 3. The number of aromatic amines is 1. The maximum Gasteiger partial charge on any atom is 0.305 e. The normalized spacial score (nSPS) is 10.9. The lowest BCUT2D eigenvalue weighted by Crippen LogP contribution is -2.21. The number of carboxylic acid groups (broad SMARTS) is 1. The number of halogens is 2. The van der Waals surface area contributed by atoms with Crippen molar-refractivity contribution < 1.29 is 14.3 Å². The topological polar surface area (TPSA) is 73.4 Å². The highest BCUT2D eigenvalue weighted by atomic mass is 35.5. The first-order valence-electron chi connectivity index (χ1n) is 7.90. The molecule has 0 unspecified atom stereocenters. The molecule has 0 fully saturated rings. The number of hydrogen-bond donors (Lipinski definition) is 2. The molecule has 2 N–H and O–H groups in total. The lowest BCUT2D eigenvalue weighted by Gasteiger charge is -2.19. The molecule has 0 atom stereocenters. The highest BCUT2D eigenvalue weighted by Gasteiger charge is 2.13. The molecule has 5 nitrogen and oxygen atoms in total. The standard InChI is InChI=1S/C19H16ClFN2O3/c1-23(7-6-18(24)25)12-3-5-13-15(9-12)19(26)22-10-16(13)14-4-2-11(21)8-17(14)20/h2-5,8-10H,6-7H2,1H3,(H,22,26)(H,24,25). The fourth-order valence-electron chi connectivity index (χ4n) is 2.81. The Hall–Kier alpha value is -2.86. The third kappa shape index (κ3) is 3.55. The van der Waals surface area contributed by atoms with Crippen LogP contribution in [-0.4, -0.2) is 29.7 Å². The summed E-state index contributed by atoms with van der Waals surface area (Å²) in [5.41, 5.74) is 1.76. The summed E-state index contributed by atoms with van der Waals surface area (Å²) in [6.45, 7) is 0.322. The number of carboxylic acids is 1. The number of aliphatic carboxylic acids is 1. The van der Waals surface area contributed by atoms with E-state index < -0.39 is 11.8 Å². The molecule has 26 heavy (non-hydrogen) atoms. The molecule has 2 aromatic carbocycles. The van der Waals surface area contributed by atoms with E-state index in [1.165, 1.54) is 12.1 Å². The van der Waals surface area contributed by atoms with Gasteiger partial charge in [-0.25, -0.2) is 4.39 Å². The van der Waals surface area contributed by atoms with Gasteiger partial charge in [-0.3, -0.25) is 9.59 Å². The lowest BCUT2D eigenvalue weighted by molar-refractivity contribution is -0.136. The number of pyridine rings is 1. The molecule has 3 rings (SSSR count). The molecule has 7 heteroatoms. The molecule has 0 aliphatic heterocycles. The Balaban J connectivity index is 2.10. The lowest BCUT2D eigenvalue weighted by atomic mass is 10.00. The van der Waals surface area contributed by atoms with Crippen molar-refractivity contribution in [2.24, 2.45) is 0 Å². The average Bonchev–Trinajstić information content (AvgIpc) is 2.60. The molecule has 0 radical (unpaired) electrons. The molecular formula is C19H16ClFN2O3. The van der Waals surface area contributed by atoms with E-state index in [0.717, 1.165) is 5.69 Å². The summed E-state index contributed by atoms with van der Waals surface area (Å²) >= 11 is 6.16. The minimum Gasteiger partial charge on any atom is -0.481 e. The highest BCUT2D eigenvalue weighted by Crippen LogP contribution is 2.33. The van der Waals surface area contributed by atoms with Crippen molar-refractivity contribution in [3.63, 3.8) is 0 Å². The monoisotopic (exact) mass is 374 g/mol. The summed E-state index contributed by atoms with van der Waals surface area (Å²) in [6, 6.07) is 9.40. The minimum atomic E-state index is -0.885. The van der Waals surface area contributed by atoms with Crippen molar-refractivity contribution in [1.29, 1.82) is 0 Å². The van der Waals surface area contributed by atoms with Crippen LogP contribution in [0.15, 0.2) is 47.4 Å². The first kappa shape index (κ1) is 17.9. The van der Waals surface area contributed by atoms with E-state index in [4.69, 9.17) is 16.7 Å². The minimum absolute atomic E-state index is 0.00385. The van der Waals surface area contributed by atoms with Crippen LogP contribution in [0.4, 0.5) is 10.1 Å². The van der Waals surface area contributed by atoms with Gasteiger partial charge in [-0.05, 0) is 35.7 Å². The molecule has 0 aliphatic carbocycles. The molecule has 0 bridgehead atoms. The van der Waals surface area contributed by atoms with Crippen molar-refractivity contribution in [2.75, 3.05) is 18.5 Å². The quantitative estimate of drug-likeness (QED) is 0.710. The van der Waals surface area contributed by atoms with Gasteiger partial charge < -0.3 is 15.0 Å². The van der Waals surface area contributed by atoms with Crippen molar-refractivity contribution in [3.05, 3.63) is 63.8 Å². The van der Waals surface area contributed by atoms with Crippen LogP contribution in [0.25, 0.3) is 21.9 Å². The molecule has 1 aromatic heterocycles. The second-order valence-electron chi connectivity index (χ2n) is 5.95. The van der Waals surface area contributed by atoms with Crippen molar-refractivity contribution >= 4 is 34.0 Å². The third-order valence-electron chi connectivity index (χ3n) is 4.21. The molecule has 134 valence electrons. The number of carbonyl (C=O) groups is 1. The molecule has 1 heterocycles. The Labute approximate surface area is 153 Å². The molecule has 0 saturated carbocycles. The van der Waals surface area contributed by atoms with Gasteiger partial charge in [-0.1, -0.05) is 17.7 Å². The number of nitrogens with one attached hydrogen (secondary N) is 1. The fourth-order valence-corrected chi connectivity index (χ4v) is 3.08. The highest BCUT2D eigenvalue weighted by molar-refractivity contribution is 6.33. The number of nitrogens with zero attached hydrogens (tertiary/aromatic N) is 1. The smallest absolute Gasteiger partial charge is 0.305 e.